The van der Waals surface area contributed by atoms with E-state index in [1.807, 2.05) is 43.3 Å². The van der Waals surface area contributed by atoms with Crippen LogP contribution >= 0.6 is 0 Å². The molecule has 0 saturated carbocycles. The topological polar surface area (TPSA) is 29.1 Å². The van der Waals surface area contributed by atoms with Gasteiger partial charge in [0.2, 0.25) is 5.78 Å². The number of nitrogens with one attached hydrogen (secondary N) is 1. The summed E-state index contributed by atoms with van der Waals surface area (Å²) in [6.07, 6.45) is 3.91. The molecule has 0 radical (unpaired) electrons. The number of allylic oxidation sites excluding steroid dienone is 4. The zero-order chi connectivity index (χ0) is 10.8. The fourth-order valence-electron chi connectivity index (χ4n) is 1.90. The van der Waals surface area contributed by atoms with E-state index in [1.54, 1.807) is 7.05 Å². The average Bonchev–Trinajstić information content (AvgIpc) is 2.54. The second-order valence-electron chi connectivity index (χ2n) is 3.41. The summed E-state index contributed by atoms with van der Waals surface area (Å²) >= 11 is 0. The molecule has 0 atom stereocenters. The van der Waals surface area contributed by atoms with Crippen LogP contribution in [-0.4, -0.2) is 12.8 Å². The molecule has 2 nitrogen and oxygen atoms in total. The molecular weight excluding hydrogens is 186 g/mol. The van der Waals surface area contributed by atoms with Crippen LogP contribution in [0.3, 0.4) is 0 Å². The molecule has 2 heteroatoms. The summed E-state index contributed by atoms with van der Waals surface area (Å²) in [6, 6.07) is 7.69. The van der Waals surface area contributed by atoms with Gasteiger partial charge in [-0.05, 0) is 12.5 Å². The number of benzene rings is 1. The van der Waals surface area contributed by atoms with Crippen LogP contribution in [0.2, 0.25) is 0 Å². The molecule has 15 heavy (non-hydrogen) atoms. The Hall–Kier alpha value is -1.83. The highest BCUT2D eigenvalue weighted by Gasteiger charge is 2.26. The summed E-state index contributed by atoms with van der Waals surface area (Å²) in [5, 5.41) is 2.97. The maximum absolute atomic E-state index is 12.0. The van der Waals surface area contributed by atoms with Gasteiger partial charge in [-0.25, -0.2) is 0 Å². The van der Waals surface area contributed by atoms with Gasteiger partial charge in [0.05, 0.1) is 5.70 Å². The second-order valence-corrected chi connectivity index (χ2v) is 3.41. The first-order valence-electron chi connectivity index (χ1n) is 4.98. The van der Waals surface area contributed by atoms with Gasteiger partial charge in [-0.2, -0.15) is 0 Å². The van der Waals surface area contributed by atoms with Crippen molar-refractivity contribution < 1.29 is 4.79 Å². The summed E-state index contributed by atoms with van der Waals surface area (Å²) in [7, 11) is 1.78. The predicted octanol–water partition coefficient (Wildman–Crippen LogP) is 2.39. The molecular formula is C13H13NO. The van der Waals surface area contributed by atoms with Crippen molar-refractivity contribution in [2.45, 2.75) is 6.92 Å². The van der Waals surface area contributed by atoms with Crippen molar-refractivity contribution in [2.75, 3.05) is 7.05 Å². The van der Waals surface area contributed by atoms with Crippen molar-refractivity contribution in [2.24, 2.45) is 0 Å². The molecule has 1 aromatic rings. The van der Waals surface area contributed by atoms with E-state index in [9.17, 15) is 4.79 Å². The number of hydrogen-bond acceptors (Lipinski definition) is 2. The van der Waals surface area contributed by atoms with Crippen LogP contribution in [-0.2, 0) is 0 Å². The van der Waals surface area contributed by atoms with Gasteiger partial charge in [-0.1, -0.05) is 36.4 Å². The second kappa shape index (κ2) is 3.73. The lowest BCUT2D eigenvalue weighted by Gasteiger charge is -2.00. The number of hydrogen-bond donors (Lipinski definition) is 1. The van der Waals surface area contributed by atoms with Gasteiger partial charge in [0.1, 0.15) is 0 Å². The lowest BCUT2D eigenvalue weighted by Crippen LogP contribution is -2.13. The number of likely N-dealkylation sites (N-methyl/N-ethyl adjacent to an activating group) is 1. The molecule has 0 amide bonds. The maximum atomic E-state index is 12.0. The Labute approximate surface area is 89.3 Å². The van der Waals surface area contributed by atoms with E-state index >= 15 is 0 Å². The molecule has 0 spiro atoms. The summed E-state index contributed by atoms with van der Waals surface area (Å²) < 4.78 is 0. The van der Waals surface area contributed by atoms with Crippen molar-refractivity contribution in [1.82, 2.24) is 5.32 Å². The minimum absolute atomic E-state index is 0.0844. The largest absolute Gasteiger partial charge is 0.384 e. The fourth-order valence-corrected chi connectivity index (χ4v) is 1.90. The number of ketones is 1. The fraction of sp³-hybridized carbons (Fsp3) is 0.154. The molecule has 1 aliphatic carbocycles. The Balaban J connectivity index is 2.65. The number of fused-ring (bicyclic) bond motifs is 1. The average molecular weight is 199 g/mol. The van der Waals surface area contributed by atoms with Gasteiger partial charge in [-0.3, -0.25) is 4.79 Å². The van der Waals surface area contributed by atoms with Gasteiger partial charge >= 0.3 is 0 Å². The lowest BCUT2D eigenvalue weighted by atomic mass is 10.1. The van der Waals surface area contributed by atoms with Crippen LogP contribution < -0.4 is 5.32 Å². The Kier molecular flexibility index (Phi) is 2.42. The standard InChI is InChI=1S/C13H13NO/c1-3-6-10-9-7-4-5-8-11(9)13(15)12(10)14-2/h3-8H,1-2H3,(H,14,15)/b6-3-. The van der Waals surface area contributed by atoms with E-state index in [-0.39, 0.29) is 5.78 Å². The third-order valence-corrected chi connectivity index (χ3v) is 2.54. The zero-order valence-corrected chi connectivity index (χ0v) is 8.87. The van der Waals surface area contributed by atoms with Gasteiger partial charge in [0, 0.05) is 18.2 Å². The van der Waals surface area contributed by atoms with Crippen molar-refractivity contribution in [1.29, 1.82) is 0 Å². The van der Waals surface area contributed by atoms with Crippen molar-refractivity contribution in [3.05, 3.63) is 53.2 Å². The molecule has 1 N–H and O–H groups in total. The van der Waals surface area contributed by atoms with E-state index in [4.69, 9.17) is 0 Å². The molecule has 1 aromatic carbocycles. The number of carbonyl (C=O) groups excluding carboxylic acids is 1. The highest BCUT2D eigenvalue weighted by Crippen LogP contribution is 2.31. The van der Waals surface area contributed by atoms with Crippen LogP contribution in [0.15, 0.2) is 42.1 Å². The van der Waals surface area contributed by atoms with Crippen LogP contribution in [0.4, 0.5) is 0 Å². The molecule has 2 rings (SSSR count). The summed E-state index contributed by atoms with van der Waals surface area (Å²) in [6.45, 7) is 1.95. The van der Waals surface area contributed by atoms with E-state index in [0.717, 1.165) is 16.7 Å². The normalized spacial score (nSPS) is 14.9. The van der Waals surface area contributed by atoms with Crippen molar-refractivity contribution in [3.63, 3.8) is 0 Å². The zero-order valence-electron chi connectivity index (χ0n) is 8.87. The predicted molar refractivity (Wildman–Crippen MR) is 61.6 cm³/mol. The summed E-state index contributed by atoms with van der Waals surface area (Å²) in [5.41, 5.74) is 3.48. The van der Waals surface area contributed by atoms with Gasteiger partial charge in [0.25, 0.3) is 0 Å². The third-order valence-electron chi connectivity index (χ3n) is 2.54. The molecule has 0 unspecified atom stereocenters. The Bertz CT molecular complexity index is 469. The Morgan fingerprint density at radius 3 is 2.47 bits per heavy atom. The number of rotatable bonds is 2. The highest BCUT2D eigenvalue weighted by molar-refractivity contribution is 6.21. The maximum Gasteiger partial charge on any atom is 0.210 e. The molecule has 0 heterocycles. The van der Waals surface area contributed by atoms with E-state index in [0.29, 0.717) is 5.70 Å². The van der Waals surface area contributed by atoms with Crippen molar-refractivity contribution in [3.8, 4) is 0 Å². The minimum atomic E-state index is 0.0844. The van der Waals surface area contributed by atoms with Gasteiger partial charge in [-0.15, -0.1) is 0 Å². The Morgan fingerprint density at radius 1 is 1.20 bits per heavy atom. The van der Waals surface area contributed by atoms with Crippen LogP contribution in [0.5, 0.6) is 0 Å². The molecule has 76 valence electrons. The summed E-state index contributed by atoms with van der Waals surface area (Å²) in [4.78, 5) is 12.0. The summed E-state index contributed by atoms with van der Waals surface area (Å²) in [5.74, 6) is 0.0844. The van der Waals surface area contributed by atoms with E-state index in [1.165, 1.54) is 0 Å². The monoisotopic (exact) mass is 199 g/mol. The molecule has 0 bridgehead atoms. The van der Waals surface area contributed by atoms with Crippen LogP contribution in [0.1, 0.15) is 22.8 Å². The first kappa shape index (κ1) is 9.71. The SMILES string of the molecule is C/C=C\C1=C(NC)C(=O)c2ccccc21. The first-order chi connectivity index (χ1) is 7.29. The third kappa shape index (κ3) is 1.38. The van der Waals surface area contributed by atoms with E-state index in [2.05, 4.69) is 5.32 Å². The van der Waals surface area contributed by atoms with Crippen LogP contribution in [0.25, 0.3) is 5.57 Å². The molecule has 0 aromatic heterocycles. The molecule has 0 saturated heterocycles. The van der Waals surface area contributed by atoms with Gasteiger partial charge in [0.15, 0.2) is 0 Å². The minimum Gasteiger partial charge on any atom is -0.384 e. The smallest absolute Gasteiger partial charge is 0.210 e. The molecule has 0 fully saturated rings. The quantitative estimate of drug-likeness (QED) is 0.792. The van der Waals surface area contributed by atoms with E-state index < -0.39 is 0 Å². The molecule has 1 aliphatic rings. The first-order valence-corrected chi connectivity index (χ1v) is 4.98. The molecule has 0 aliphatic heterocycles. The number of carbonyl (C=O) groups is 1. The lowest BCUT2D eigenvalue weighted by molar-refractivity contribution is 0.103. The Morgan fingerprint density at radius 2 is 1.87 bits per heavy atom. The van der Waals surface area contributed by atoms with Gasteiger partial charge < -0.3 is 5.32 Å². The highest BCUT2D eigenvalue weighted by atomic mass is 16.1. The number of Topliss-reactive ketones (excluding diaryl/α,β-unsaturated/α-hetero) is 1. The van der Waals surface area contributed by atoms with Crippen molar-refractivity contribution >= 4 is 11.4 Å². The van der Waals surface area contributed by atoms with Crippen LogP contribution in [0, 0.1) is 0 Å².